The van der Waals surface area contributed by atoms with Crippen LogP contribution in [-0.2, 0) is 14.8 Å². The molecule has 8 heteroatoms. The van der Waals surface area contributed by atoms with Crippen LogP contribution in [0.25, 0.3) is 0 Å². The Morgan fingerprint density at radius 1 is 1.22 bits per heavy atom. The minimum absolute atomic E-state index is 0.0551. The fourth-order valence-electron chi connectivity index (χ4n) is 2.48. The third-order valence-corrected chi connectivity index (χ3v) is 6.31. The van der Waals surface area contributed by atoms with Gasteiger partial charge in [0, 0.05) is 16.6 Å². The van der Waals surface area contributed by atoms with E-state index in [4.69, 9.17) is 4.74 Å². The summed E-state index contributed by atoms with van der Waals surface area (Å²) in [6.45, 7) is 1.60. The van der Waals surface area contributed by atoms with E-state index >= 15 is 0 Å². The Bertz CT molecular complexity index is 940. The Balaban J connectivity index is 1.59. The van der Waals surface area contributed by atoms with Crippen LogP contribution in [-0.4, -0.2) is 33.2 Å². The number of aryl methyl sites for hydroxylation is 1. The molecule has 3 rings (SSSR count). The van der Waals surface area contributed by atoms with E-state index in [1.807, 2.05) is 30.5 Å². The molecule has 1 amide bonds. The first kappa shape index (κ1) is 19.7. The summed E-state index contributed by atoms with van der Waals surface area (Å²) in [5.74, 6) is 0.202. The normalized spacial score (nSPS) is 14.0. The van der Waals surface area contributed by atoms with Crippen molar-refractivity contribution in [2.45, 2.75) is 35.6 Å². The SMILES string of the molecule is CSc1cccc(NC(=O)COc2ccc(S(=O)(=O)NC3CC3)cc2C)c1. The number of carbonyl (C=O) groups excluding carboxylic acids is 1. The Morgan fingerprint density at radius 3 is 2.67 bits per heavy atom. The predicted octanol–water partition coefficient (Wildman–Crippen LogP) is 3.18. The largest absolute Gasteiger partial charge is 0.483 e. The molecule has 2 aromatic rings. The van der Waals surface area contributed by atoms with Gasteiger partial charge in [-0.3, -0.25) is 4.79 Å². The van der Waals surface area contributed by atoms with Gasteiger partial charge < -0.3 is 10.1 Å². The number of amides is 1. The fraction of sp³-hybridized carbons (Fsp3) is 0.316. The monoisotopic (exact) mass is 406 g/mol. The van der Waals surface area contributed by atoms with Gasteiger partial charge in [-0.15, -0.1) is 11.8 Å². The molecule has 0 aromatic heterocycles. The molecule has 27 heavy (non-hydrogen) atoms. The maximum absolute atomic E-state index is 12.2. The number of carbonyl (C=O) groups is 1. The number of hydrogen-bond acceptors (Lipinski definition) is 5. The molecule has 0 spiro atoms. The highest BCUT2D eigenvalue weighted by atomic mass is 32.2. The Morgan fingerprint density at radius 2 is 2.00 bits per heavy atom. The summed E-state index contributed by atoms with van der Waals surface area (Å²) in [6.07, 6.45) is 3.74. The van der Waals surface area contributed by atoms with Crippen LogP contribution >= 0.6 is 11.8 Å². The van der Waals surface area contributed by atoms with Gasteiger partial charge in [0.2, 0.25) is 10.0 Å². The van der Waals surface area contributed by atoms with Crippen LogP contribution in [0, 0.1) is 6.92 Å². The van der Waals surface area contributed by atoms with Gasteiger partial charge in [-0.1, -0.05) is 6.07 Å². The van der Waals surface area contributed by atoms with E-state index in [0.717, 1.165) is 17.7 Å². The van der Waals surface area contributed by atoms with E-state index < -0.39 is 10.0 Å². The average molecular weight is 407 g/mol. The van der Waals surface area contributed by atoms with Gasteiger partial charge in [0.1, 0.15) is 5.75 Å². The number of nitrogens with one attached hydrogen (secondary N) is 2. The van der Waals surface area contributed by atoms with Gasteiger partial charge >= 0.3 is 0 Å². The molecule has 0 atom stereocenters. The summed E-state index contributed by atoms with van der Waals surface area (Å²) in [5, 5.41) is 2.79. The van der Waals surface area contributed by atoms with E-state index in [-0.39, 0.29) is 23.5 Å². The zero-order valence-corrected chi connectivity index (χ0v) is 16.8. The molecule has 6 nitrogen and oxygen atoms in total. The smallest absolute Gasteiger partial charge is 0.262 e. The molecule has 1 aliphatic carbocycles. The summed E-state index contributed by atoms with van der Waals surface area (Å²) >= 11 is 1.60. The third kappa shape index (κ3) is 5.47. The van der Waals surface area contributed by atoms with Gasteiger partial charge in [0.15, 0.2) is 6.61 Å². The van der Waals surface area contributed by atoms with E-state index in [9.17, 15) is 13.2 Å². The number of rotatable bonds is 8. The van der Waals surface area contributed by atoms with Crippen LogP contribution in [0.5, 0.6) is 5.75 Å². The second-order valence-corrected chi connectivity index (χ2v) is 8.99. The maximum atomic E-state index is 12.2. The van der Waals surface area contributed by atoms with Crippen molar-refractivity contribution >= 4 is 33.4 Å². The highest BCUT2D eigenvalue weighted by Crippen LogP contribution is 2.25. The topological polar surface area (TPSA) is 84.5 Å². The Hall–Kier alpha value is -2.03. The molecule has 2 N–H and O–H groups in total. The van der Waals surface area contributed by atoms with Crippen molar-refractivity contribution in [2.24, 2.45) is 0 Å². The standard InChI is InChI=1S/C19H22N2O4S2/c1-13-10-17(27(23,24)21-14-6-7-14)8-9-18(13)25-12-19(22)20-15-4-3-5-16(11-15)26-2/h3-5,8-11,14,21H,6-7,12H2,1-2H3,(H,20,22). The number of thioether (sulfide) groups is 1. The molecule has 0 unspecified atom stereocenters. The molecule has 0 saturated heterocycles. The zero-order valence-electron chi connectivity index (χ0n) is 15.2. The molecular formula is C19H22N2O4S2. The zero-order chi connectivity index (χ0) is 19.4. The molecule has 0 aliphatic heterocycles. The second kappa shape index (κ2) is 8.33. The fourth-order valence-corrected chi connectivity index (χ4v) is 4.33. The third-order valence-electron chi connectivity index (χ3n) is 4.07. The van der Waals surface area contributed by atoms with Crippen LogP contribution in [0.15, 0.2) is 52.3 Å². The van der Waals surface area contributed by atoms with E-state index in [1.165, 1.54) is 6.07 Å². The van der Waals surface area contributed by atoms with Crippen LogP contribution in [0.3, 0.4) is 0 Å². The molecular weight excluding hydrogens is 384 g/mol. The van der Waals surface area contributed by atoms with Gasteiger partial charge in [-0.2, -0.15) is 0 Å². The summed E-state index contributed by atoms with van der Waals surface area (Å²) in [4.78, 5) is 13.4. The minimum atomic E-state index is -3.50. The quantitative estimate of drug-likeness (QED) is 0.658. The Kier molecular flexibility index (Phi) is 6.08. The van der Waals surface area contributed by atoms with Crippen LogP contribution < -0.4 is 14.8 Å². The molecule has 1 fully saturated rings. The lowest BCUT2D eigenvalue weighted by Crippen LogP contribution is -2.25. The molecule has 1 aliphatic rings. The molecule has 144 valence electrons. The summed E-state index contributed by atoms with van der Waals surface area (Å²) in [5.41, 5.74) is 1.37. The van der Waals surface area contributed by atoms with Gasteiger partial charge in [0.25, 0.3) is 5.91 Å². The number of hydrogen-bond donors (Lipinski definition) is 2. The summed E-state index contributed by atoms with van der Waals surface area (Å²) in [6, 6.07) is 12.2. The van der Waals surface area contributed by atoms with E-state index in [0.29, 0.717) is 17.0 Å². The highest BCUT2D eigenvalue weighted by Gasteiger charge is 2.28. The number of anilines is 1. The molecule has 0 radical (unpaired) electrons. The lowest BCUT2D eigenvalue weighted by molar-refractivity contribution is -0.118. The molecule has 1 saturated carbocycles. The van der Waals surface area contributed by atoms with Gasteiger partial charge in [-0.05, 0) is 68.0 Å². The van der Waals surface area contributed by atoms with Gasteiger partial charge in [-0.25, -0.2) is 13.1 Å². The summed E-state index contributed by atoms with van der Waals surface area (Å²) < 4.78 is 32.7. The number of sulfonamides is 1. The van der Waals surface area contributed by atoms with Crippen LogP contribution in [0.4, 0.5) is 5.69 Å². The predicted molar refractivity (Wildman–Crippen MR) is 107 cm³/mol. The minimum Gasteiger partial charge on any atom is -0.483 e. The van der Waals surface area contributed by atoms with E-state index in [1.54, 1.807) is 30.8 Å². The van der Waals surface area contributed by atoms with Crippen molar-refractivity contribution in [1.82, 2.24) is 4.72 Å². The van der Waals surface area contributed by atoms with Crippen molar-refractivity contribution in [3.63, 3.8) is 0 Å². The van der Waals surface area contributed by atoms with Crippen molar-refractivity contribution in [2.75, 3.05) is 18.2 Å². The van der Waals surface area contributed by atoms with Crippen molar-refractivity contribution in [3.05, 3.63) is 48.0 Å². The second-order valence-electron chi connectivity index (χ2n) is 6.39. The first-order chi connectivity index (χ1) is 12.9. The first-order valence-electron chi connectivity index (χ1n) is 8.57. The molecule has 2 aromatic carbocycles. The lowest BCUT2D eigenvalue weighted by Gasteiger charge is -2.12. The number of benzene rings is 2. The highest BCUT2D eigenvalue weighted by molar-refractivity contribution is 7.98. The van der Waals surface area contributed by atoms with Crippen LogP contribution in [0.2, 0.25) is 0 Å². The molecule has 0 heterocycles. The van der Waals surface area contributed by atoms with E-state index in [2.05, 4.69) is 10.0 Å². The number of ether oxygens (including phenoxy) is 1. The Labute approximate surface area is 163 Å². The molecule has 0 bridgehead atoms. The van der Waals surface area contributed by atoms with Crippen molar-refractivity contribution in [3.8, 4) is 5.75 Å². The first-order valence-corrected chi connectivity index (χ1v) is 11.3. The maximum Gasteiger partial charge on any atom is 0.262 e. The van der Waals surface area contributed by atoms with Crippen molar-refractivity contribution in [1.29, 1.82) is 0 Å². The van der Waals surface area contributed by atoms with Crippen molar-refractivity contribution < 1.29 is 17.9 Å². The summed E-state index contributed by atoms with van der Waals surface area (Å²) in [7, 11) is -3.50. The van der Waals surface area contributed by atoms with Crippen LogP contribution in [0.1, 0.15) is 18.4 Å². The lowest BCUT2D eigenvalue weighted by atomic mass is 10.2. The average Bonchev–Trinajstić information content (AvgIpc) is 3.44. The van der Waals surface area contributed by atoms with Gasteiger partial charge in [0.05, 0.1) is 4.90 Å².